The number of carbonyl (C=O) groups is 1. The fraction of sp³-hybridized carbons (Fsp3) is 0.167. The Hall–Kier alpha value is -3.43. The van der Waals surface area contributed by atoms with Gasteiger partial charge in [-0.25, -0.2) is 9.80 Å². The molecule has 2 heterocycles. The highest BCUT2D eigenvalue weighted by atomic mass is 35.5. The molecule has 0 aromatic heterocycles. The fourth-order valence-electron chi connectivity index (χ4n) is 3.79. The molecule has 0 aliphatic carbocycles. The number of nitrogens with one attached hydrogen (secondary N) is 1. The van der Waals surface area contributed by atoms with Gasteiger partial charge in [-0.3, -0.25) is 0 Å². The molecule has 11 heteroatoms. The Morgan fingerprint density at radius 1 is 1.00 bits per heavy atom. The van der Waals surface area contributed by atoms with E-state index in [2.05, 4.69) is 19.9 Å². The molecule has 5 rings (SSSR count). The van der Waals surface area contributed by atoms with E-state index in [1.807, 2.05) is 24.3 Å². The molecule has 0 saturated heterocycles. The maximum atomic E-state index is 13.5. The van der Waals surface area contributed by atoms with Gasteiger partial charge in [0.15, 0.2) is 11.5 Å². The van der Waals surface area contributed by atoms with Gasteiger partial charge < -0.3 is 14.8 Å². The Kier molecular flexibility index (Phi) is 5.98. The number of rotatable bonds is 3. The van der Waals surface area contributed by atoms with Crippen LogP contribution in [0.1, 0.15) is 17.0 Å². The van der Waals surface area contributed by atoms with Crippen molar-refractivity contribution >= 4 is 40.6 Å². The maximum Gasteiger partial charge on any atom is 0.468 e. The Bertz CT molecular complexity index is 1300. The molecule has 35 heavy (non-hydrogen) atoms. The van der Waals surface area contributed by atoms with Gasteiger partial charge in [0.05, 0.1) is 12.3 Å². The van der Waals surface area contributed by atoms with Gasteiger partial charge in [0, 0.05) is 27.7 Å². The van der Waals surface area contributed by atoms with Crippen molar-refractivity contribution in [2.24, 2.45) is 5.10 Å². The van der Waals surface area contributed by atoms with Crippen LogP contribution < -0.4 is 14.8 Å². The first-order valence-electron chi connectivity index (χ1n) is 10.4. The minimum atomic E-state index is -4.10. The Labute approximate surface area is 207 Å². The lowest BCUT2D eigenvalue weighted by atomic mass is 9.91. The lowest BCUT2D eigenvalue weighted by molar-refractivity contribution is -0.281. The summed E-state index contributed by atoms with van der Waals surface area (Å²) in [5.41, 5.74) is 2.54. The van der Waals surface area contributed by atoms with E-state index in [9.17, 15) is 18.0 Å². The zero-order chi connectivity index (χ0) is 24.7. The van der Waals surface area contributed by atoms with Crippen LogP contribution in [-0.4, -0.2) is 35.8 Å². The van der Waals surface area contributed by atoms with Crippen molar-refractivity contribution < 1.29 is 27.4 Å². The average Bonchev–Trinajstić information content (AvgIpc) is 3.26. The number of benzene rings is 3. The molecule has 1 N–H and O–H groups in total. The highest BCUT2D eigenvalue weighted by Crippen LogP contribution is 2.42. The van der Waals surface area contributed by atoms with Gasteiger partial charge in [0.25, 0.3) is 0 Å². The molecule has 2 aliphatic heterocycles. The second-order valence-electron chi connectivity index (χ2n) is 7.87. The van der Waals surface area contributed by atoms with Crippen LogP contribution in [-0.2, 0) is 0 Å². The Morgan fingerprint density at radius 3 is 2.34 bits per heavy atom. The standard InChI is InChI=1S/C24H16Cl2F3N3O3/c25-15-5-1-13(2-6-15)18-12-32(31-21(18)14-3-7-16(26)8-4-14)23(33)30-17-9-10-19-20(11-17)34-22(27)24(28,29)35-19/h1-11,18,22H,12H2,(H,30,33). The number of amides is 2. The number of alkyl halides is 3. The van der Waals surface area contributed by atoms with Crippen LogP contribution in [0.3, 0.4) is 0 Å². The number of hydrazone groups is 1. The molecule has 0 radical (unpaired) electrons. The third-order valence-corrected chi connectivity index (χ3v) is 6.00. The van der Waals surface area contributed by atoms with Crippen LogP contribution in [0, 0.1) is 0 Å². The molecule has 2 atom stereocenters. The van der Waals surface area contributed by atoms with E-state index in [1.54, 1.807) is 24.3 Å². The summed E-state index contributed by atoms with van der Waals surface area (Å²) in [5.74, 6) is -0.838. The molecule has 2 amide bonds. The van der Waals surface area contributed by atoms with E-state index in [0.717, 1.165) is 17.2 Å². The van der Waals surface area contributed by atoms with Crippen molar-refractivity contribution in [2.75, 3.05) is 11.9 Å². The van der Waals surface area contributed by atoms with E-state index in [-0.39, 0.29) is 29.6 Å². The predicted octanol–water partition coefficient (Wildman–Crippen LogP) is 6.69. The smallest absolute Gasteiger partial charge is 0.447 e. The number of hydrogen-bond acceptors (Lipinski definition) is 4. The third kappa shape index (κ3) is 4.74. The Morgan fingerprint density at radius 2 is 1.66 bits per heavy atom. The lowest BCUT2D eigenvalue weighted by Crippen LogP contribution is -2.43. The van der Waals surface area contributed by atoms with Crippen LogP contribution in [0.15, 0.2) is 71.8 Å². The van der Waals surface area contributed by atoms with E-state index in [4.69, 9.17) is 23.2 Å². The van der Waals surface area contributed by atoms with Crippen LogP contribution >= 0.6 is 23.2 Å². The number of fused-ring (bicyclic) bond motifs is 1. The SMILES string of the molecule is O=C(Nc1ccc2c(c1)OC(F)C(F)(F)O2)N1CC(c2ccc(Cl)cc2)C(c2ccc(Cl)cc2)=N1. The van der Waals surface area contributed by atoms with Crippen LogP contribution in [0.2, 0.25) is 10.0 Å². The zero-order valence-electron chi connectivity index (χ0n) is 17.7. The molecule has 0 fully saturated rings. The molecule has 3 aromatic carbocycles. The summed E-state index contributed by atoms with van der Waals surface area (Å²) in [5, 5.41) is 9.56. The topological polar surface area (TPSA) is 63.2 Å². The normalized spacial score (nSPS) is 20.4. The van der Waals surface area contributed by atoms with E-state index in [1.165, 1.54) is 17.1 Å². The van der Waals surface area contributed by atoms with Gasteiger partial charge in [0.1, 0.15) is 0 Å². The first-order valence-corrected chi connectivity index (χ1v) is 11.2. The second-order valence-corrected chi connectivity index (χ2v) is 8.74. The monoisotopic (exact) mass is 521 g/mol. The number of ether oxygens (including phenoxy) is 2. The maximum absolute atomic E-state index is 13.5. The van der Waals surface area contributed by atoms with Crippen molar-refractivity contribution in [3.63, 3.8) is 0 Å². The summed E-state index contributed by atoms with van der Waals surface area (Å²) in [6.07, 6.45) is -7.07. The van der Waals surface area contributed by atoms with Crippen LogP contribution in [0.5, 0.6) is 11.5 Å². The van der Waals surface area contributed by atoms with Gasteiger partial charge in [-0.15, -0.1) is 0 Å². The molecule has 2 unspecified atom stereocenters. The number of carbonyl (C=O) groups excluding carboxylic acids is 1. The number of halogens is 5. The molecular weight excluding hydrogens is 506 g/mol. The number of hydrogen-bond donors (Lipinski definition) is 1. The number of nitrogens with zero attached hydrogens (tertiary/aromatic N) is 2. The van der Waals surface area contributed by atoms with Gasteiger partial charge >= 0.3 is 18.5 Å². The average molecular weight is 522 g/mol. The highest BCUT2D eigenvalue weighted by Gasteiger charge is 2.49. The summed E-state index contributed by atoms with van der Waals surface area (Å²) in [6, 6.07) is 17.5. The van der Waals surface area contributed by atoms with Gasteiger partial charge in [-0.05, 0) is 47.5 Å². The quantitative estimate of drug-likeness (QED) is 0.417. The van der Waals surface area contributed by atoms with Crippen LogP contribution in [0.4, 0.5) is 23.7 Å². The fourth-order valence-corrected chi connectivity index (χ4v) is 4.04. The minimum absolute atomic E-state index is 0.188. The van der Waals surface area contributed by atoms with Crippen molar-refractivity contribution in [1.82, 2.24) is 5.01 Å². The summed E-state index contributed by atoms with van der Waals surface area (Å²) < 4.78 is 49.2. The molecule has 0 bridgehead atoms. The minimum Gasteiger partial charge on any atom is -0.447 e. The highest BCUT2D eigenvalue weighted by molar-refractivity contribution is 6.31. The molecular formula is C24H16Cl2F3N3O3. The van der Waals surface area contributed by atoms with Crippen molar-refractivity contribution in [2.45, 2.75) is 18.4 Å². The van der Waals surface area contributed by atoms with Gasteiger partial charge in [0.2, 0.25) is 0 Å². The molecule has 2 aliphatic rings. The summed E-state index contributed by atoms with van der Waals surface area (Å²) >= 11 is 12.1. The first-order chi connectivity index (χ1) is 16.7. The van der Waals surface area contributed by atoms with E-state index in [0.29, 0.717) is 15.8 Å². The van der Waals surface area contributed by atoms with E-state index < -0.39 is 18.5 Å². The summed E-state index contributed by atoms with van der Waals surface area (Å²) in [7, 11) is 0. The molecule has 0 spiro atoms. The number of urea groups is 1. The van der Waals surface area contributed by atoms with Crippen molar-refractivity contribution in [3.05, 3.63) is 87.9 Å². The lowest BCUT2D eigenvalue weighted by Gasteiger charge is -2.28. The molecule has 0 saturated carbocycles. The van der Waals surface area contributed by atoms with Gasteiger partial charge in [-0.1, -0.05) is 47.5 Å². The Balaban J connectivity index is 1.39. The van der Waals surface area contributed by atoms with Crippen LogP contribution in [0.25, 0.3) is 0 Å². The molecule has 3 aromatic rings. The van der Waals surface area contributed by atoms with Gasteiger partial charge in [-0.2, -0.15) is 18.3 Å². The predicted molar refractivity (Wildman–Crippen MR) is 125 cm³/mol. The first kappa shape index (κ1) is 23.3. The zero-order valence-corrected chi connectivity index (χ0v) is 19.2. The number of anilines is 1. The molecule has 6 nitrogen and oxygen atoms in total. The summed E-state index contributed by atoms with van der Waals surface area (Å²) in [6.45, 7) is 0.231. The largest absolute Gasteiger partial charge is 0.468 e. The van der Waals surface area contributed by atoms with Crippen molar-refractivity contribution in [1.29, 1.82) is 0 Å². The van der Waals surface area contributed by atoms with E-state index >= 15 is 0 Å². The second kappa shape index (κ2) is 8.98. The third-order valence-electron chi connectivity index (χ3n) is 5.50. The summed E-state index contributed by atoms with van der Waals surface area (Å²) in [4.78, 5) is 13.0. The van der Waals surface area contributed by atoms with Crippen molar-refractivity contribution in [3.8, 4) is 11.5 Å². The molecule has 180 valence electrons.